The van der Waals surface area contributed by atoms with E-state index in [2.05, 4.69) is 4.18 Å². The fraction of sp³-hybridized carbons (Fsp3) is 0.143. The third-order valence-electron chi connectivity index (χ3n) is 1.27. The molecule has 0 saturated heterocycles. The first-order chi connectivity index (χ1) is 5.88. The molecule has 0 aromatic heterocycles. The lowest BCUT2D eigenvalue weighted by Crippen LogP contribution is -2.07. The highest BCUT2D eigenvalue weighted by Gasteiger charge is 2.07. The third-order valence-corrected chi connectivity index (χ3v) is 1.76. The fourth-order valence-electron chi connectivity index (χ4n) is 0.806. The Kier molecular flexibility index (Phi) is 2.33. The van der Waals surface area contributed by atoms with Crippen LogP contribution in [0.1, 0.15) is 0 Å². The summed E-state index contributed by atoms with van der Waals surface area (Å²) in [5.74, 6) is 0.0942. The summed E-state index contributed by atoms with van der Waals surface area (Å²) in [5, 5.41) is 0. The molecule has 0 aliphatic rings. The lowest BCUT2D eigenvalue weighted by Gasteiger charge is -2.05. The Morgan fingerprint density at radius 2 is 1.92 bits per heavy atom. The first-order valence-electron chi connectivity index (χ1n) is 3.43. The van der Waals surface area contributed by atoms with Crippen LogP contribution in [-0.4, -0.2) is 14.7 Å². The van der Waals surface area contributed by atoms with E-state index in [-0.39, 0.29) is 11.4 Å². The van der Waals surface area contributed by atoms with Gasteiger partial charge < -0.3 is 15.7 Å². The van der Waals surface area contributed by atoms with Crippen LogP contribution in [0.5, 0.6) is 5.75 Å². The summed E-state index contributed by atoms with van der Waals surface area (Å²) in [6, 6.07) is 4.35. The van der Waals surface area contributed by atoms with Crippen molar-refractivity contribution in [2.75, 3.05) is 17.7 Å². The molecule has 0 saturated carbocycles. The minimum atomic E-state index is -3.53. The lowest BCUT2D eigenvalue weighted by molar-refractivity contribution is 0.494. The number of hydrogen-bond acceptors (Lipinski definition) is 5. The minimum Gasteiger partial charge on any atom is -0.399 e. The van der Waals surface area contributed by atoms with Crippen LogP contribution in [0.3, 0.4) is 0 Å². The normalized spacial score (nSPS) is 11.2. The van der Waals surface area contributed by atoms with Crippen molar-refractivity contribution in [3.8, 4) is 5.75 Å². The number of rotatable bonds is 2. The zero-order chi connectivity index (χ0) is 10.1. The van der Waals surface area contributed by atoms with Gasteiger partial charge in [0.05, 0.1) is 11.9 Å². The Morgan fingerprint density at radius 1 is 1.31 bits per heavy atom. The van der Waals surface area contributed by atoms with E-state index in [9.17, 15) is 8.42 Å². The van der Waals surface area contributed by atoms with Crippen molar-refractivity contribution in [3.05, 3.63) is 18.2 Å². The lowest BCUT2D eigenvalue weighted by atomic mass is 10.3. The molecule has 13 heavy (non-hydrogen) atoms. The quantitative estimate of drug-likeness (QED) is 0.527. The molecule has 4 N–H and O–H groups in total. The second-order valence-electron chi connectivity index (χ2n) is 2.58. The van der Waals surface area contributed by atoms with E-state index in [1.165, 1.54) is 18.2 Å². The molecule has 1 rings (SSSR count). The average Bonchev–Trinajstić information content (AvgIpc) is 1.93. The van der Waals surface area contributed by atoms with E-state index in [1.54, 1.807) is 0 Å². The van der Waals surface area contributed by atoms with Crippen molar-refractivity contribution in [3.63, 3.8) is 0 Å². The maximum atomic E-state index is 10.7. The molecular formula is C7H10N2O3S. The Morgan fingerprint density at radius 3 is 2.38 bits per heavy atom. The molecule has 0 atom stereocenters. The molecule has 6 heteroatoms. The van der Waals surface area contributed by atoms with Gasteiger partial charge in [-0.1, -0.05) is 0 Å². The Balaban J connectivity index is 3.04. The van der Waals surface area contributed by atoms with Crippen molar-refractivity contribution in [2.24, 2.45) is 0 Å². The van der Waals surface area contributed by atoms with Gasteiger partial charge in [0.15, 0.2) is 5.75 Å². The predicted octanol–water partition coefficient (Wildman–Crippen LogP) is 0.189. The SMILES string of the molecule is CS(=O)(=O)Oc1ccc(N)cc1N. The van der Waals surface area contributed by atoms with Gasteiger partial charge in [0.2, 0.25) is 0 Å². The molecule has 0 fully saturated rings. The summed E-state index contributed by atoms with van der Waals surface area (Å²) in [6.45, 7) is 0. The molecule has 72 valence electrons. The Hall–Kier alpha value is -1.43. The van der Waals surface area contributed by atoms with Crippen LogP contribution in [0, 0.1) is 0 Å². The zero-order valence-electron chi connectivity index (χ0n) is 7.02. The number of nitrogen functional groups attached to an aromatic ring is 2. The third kappa shape index (κ3) is 2.83. The minimum absolute atomic E-state index is 0.0942. The second-order valence-corrected chi connectivity index (χ2v) is 4.16. The molecule has 0 radical (unpaired) electrons. The summed E-state index contributed by atoms with van der Waals surface area (Å²) in [7, 11) is -3.53. The van der Waals surface area contributed by atoms with Crippen LogP contribution in [0.4, 0.5) is 11.4 Å². The molecule has 0 spiro atoms. The molecule has 0 unspecified atom stereocenters. The highest BCUT2D eigenvalue weighted by Crippen LogP contribution is 2.24. The first-order valence-corrected chi connectivity index (χ1v) is 5.24. The average molecular weight is 202 g/mol. The van der Waals surface area contributed by atoms with Crippen LogP contribution in [0.2, 0.25) is 0 Å². The van der Waals surface area contributed by atoms with Gasteiger partial charge >= 0.3 is 10.1 Å². The predicted molar refractivity (Wildman–Crippen MR) is 50.7 cm³/mol. The van der Waals surface area contributed by atoms with Gasteiger partial charge in [0.1, 0.15) is 0 Å². The van der Waals surface area contributed by atoms with Crippen LogP contribution >= 0.6 is 0 Å². The summed E-state index contributed by atoms with van der Waals surface area (Å²) < 4.78 is 26.0. The van der Waals surface area contributed by atoms with Crippen molar-refractivity contribution in [1.29, 1.82) is 0 Å². The van der Waals surface area contributed by atoms with Gasteiger partial charge in [-0.25, -0.2) is 0 Å². The van der Waals surface area contributed by atoms with E-state index < -0.39 is 10.1 Å². The summed E-state index contributed by atoms with van der Waals surface area (Å²) in [4.78, 5) is 0. The van der Waals surface area contributed by atoms with Gasteiger partial charge in [-0.05, 0) is 18.2 Å². The zero-order valence-corrected chi connectivity index (χ0v) is 7.84. The fourth-order valence-corrected chi connectivity index (χ4v) is 1.28. The molecule has 1 aromatic carbocycles. The summed E-state index contributed by atoms with van der Waals surface area (Å²) >= 11 is 0. The number of anilines is 2. The van der Waals surface area contributed by atoms with Gasteiger partial charge in [-0.3, -0.25) is 0 Å². The first kappa shape index (κ1) is 9.66. The van der Waals surface area contributed by atoms with Crippen LogP contribution in [0.15, 0.2) is 18.2 Å². The molecule has 0 bridgehead atoms. The van der Waals surface area contributed by atoms with Crippen molar-refractivity contribution >= 4 is 21.5 Å². The van der Waals surface area contributed by atoms with Crippen LogP contribution in [0.25, 0.3) is 0 Å². The van der Waals surface area contributed by atoms with Gasteiger partial charge in [0.25, 0.3) is 0 Å². The van der Waals surface area contributed by atoms with Gasteiger partial charge in [-0.15, -0.1) is 0 Å². The maximum absolute atomic E-state index is 10.7. The maximum Gasteiger partial charge on any atom is 0.306 e. The molecule has 0 heterocycles. The van der Waals surface area contributed by atoms with E-state index in [0.717, 1.165) is 6.26 Å². The molecule has 1 aromatic rings. The monoisotopic (exact) mass is 202 g/mol. The number of nitrogens with two attached hydrogens (primary N) is 2. The van der Waals surface area contributed by atoms with E-state index >= 15 is 0 Å². The molecule has 0 aliphatic carbocycles. The number of benzene rings is 1. The second kappa shape index (κ2) is 3.14. The molecule has 5 nitrogen and oxygen atoms in total. The smallest absolute Gasteiger partial charge is 0.306 e. The topological polar surface area (TPSA) is 95.4 Å². The molecular weight excluding hydrogens is 192 g/mol. The van der Waals surface area contributed by atoms with Gasteiger partial charge in [0, 0.05) is 5.69 Å². The van der Waals surface area contributed by atoms with Crippen molar-refractivity contribution in [1.82, 2.24) is 0 Å². The molecule has 0 aliphatic heterocycles. The summed E-state index contributed by atoms with van der Waals surface area (Å²) in [6.07, 6.45) is 0.947. The van der Waals surface area contributed by atoms with E-state index in [1.807, 2.05) is 0 Å². The number of hydrogen-bond donors (Lipinski definition) is 2. The highest BCUT2D eigenvalue weighted by atomic mass is 32.2. The van der Waals surface area contributed by atoms with Crippen LogP contribution < -0.4 is 15.7 Å². The van der Waals surface area contributed by atoms with Crippen molar-refractivity contribution < 1.29 is 12.6 Å². The Bertz CT molecular complexity index is 414. The van der Waals surface area contributed by atoms with E-state index in [0.29, 0.717) is 5.69 Å². The summed E-state index contributed by atoms with van der Waals surface area (Å²) in [5.41, 5.74) is 11.5. The van der Waals surface area contributed by atoms with E-state index in [4.69, 9.17) is 11.5 Å². The van der Waals surface area contributed by atoms with Gasteiger partial charge in [-0.2, -0.15) is 8.42 Å². The molecule has 0 amide bonds. The highest BCUT2D eigenvalue weighted by molar-refractivity contribution is 7.86. The standard InChI is InChI=1S/C7H10N2O3S/c1-13(10,11)12-7-3-2-5(8)4-6(7)9/h2-4H,8-9H2,1H3. The Labute approximate surface area is 76.4 Å². The largest absolute Gasteiger partial charge is 0.399 e. The van der Waals surface area contributed by atoms with Crippen LogP contribution in [-0.2, 0) is 10.1 Å². The van der Waals surface area contributed by atoms with Crippen molar-refractivity contribution in [2.45, 2.75) is 0 Å².